The third-order valence-corrected chi connectivity index (χ3v) is 7.02. The number of amides is 1. The van der Waals surface area contributed by atoms with Gasteiger partial charge in [-0.2, -0.15) is 5.10 Å². The monoisotopic (exact) mass is 547 g/mol. The van der Waals surface area contributed by atoms with E-state index in [2.05, 4.69) is 15.2 Å². The quantitative estimate of drug-likeness (QED) is 0.132. The van der Waals surface area contributed by atoms with E-state index in [9.17, 15) is 18.0 Å². The molecule has 0 saturated heterocycles. The van der Waals surface area contributed by atoms with Crippen molar-refractivity contribution in [2.75, 3.05) is 4.72 Å². The highest BCUT2D eigenvalue weighted by atomic mass is 35.5. The van der Waals surface area contributed by atoms with Gasteiger partial charge in [0.2, 0.25) is 0 Å². The van der Waals surface area contributed by atoms with E-state index in [0.29, 0.717) is 27.6 Å². The fraction of sp³-hybridized carbons (Fsp3) is 0.0357. The van der Waals surface area contributed by atoms with Crippen LogP contribution in [0.2, 0.25) is 5.02 Å². The minimum absolute atomic E-state index is 0.144. The number of sulfonamides is 1. The molecular formula is C28H22ClN3O5S. The average Bonchev–Trinajstić information content (AvgIpc) is 2.90. The van der Waals surface area contributed by atoms with Crippen LogP contribution in [0.5, 0.6) is 5.75 Å². The van der Waals surface area contributed by atoms with Crippen molar-refractivity contribution in [2.24, 2.45) is 5.10 Å². The number of carbonyl (C=O) groups excluding carboxylic acids is 2. The minimum Gasteiger partial charge on any atom is -0.423 e. The van der Waals surface area contributed by atoms with Gasteiger partial charge < -0.3 is 4.74 Å². The van der Waals surface area contributed by atoms with Crippen LogP contribution in [0, 0.1) is 6.92 Å². The first kappa shape index (κ1) is 26.6. The fourth-order valence-electron chi connectivity index (χ4n) is 3.26. The summed E-state index contributed by atoms with van der Waals surface area (Å²) in [5.41, 5.74) is 4.90. The van der Waals surface area contributed by atoms with E-state index in [0.717, 1.165) is 5.56 Å². The summed E-state index contributed by atoms with van der Waals surface area (Å²) in [6.07, 6.45) is 1.43. The second-order valence-electron chi connectivity index (χ2n) is 8.13. The predicted molar refractivity (Wildman–Crippen MR) is 146 cm³/mol. The van der Waals surface area contributed by atoms with Crippen LogP contribution in [0.25, 0.3) is 0 Å². The molecule has 0 atom stereocenters. The van der Waals surface area contributed by atoms with E-state index in [1.54, 1.807) is 60.7 Å². The number of hydrazone groups is 1. The molecule has 1 amide bonds. The SMILES string of the molecule is Cc1ccc(S(=O)(=O)Nc2ccc(C(=O)NN=Cc3ccc(OC(=O)c4ccccc4Cl)cc3)cc2)cc1. The molecule has 0 aliphatic rings. The summed E-state index contributed by atoms with van der Waals surface area (Å²) in [5, 5.41) is 4.24. The molecule has 8 nitrogen and oxygen atoms in total. The lowest BCUT2D eigenvalue weighted by Gasteiger charge is -2.09. The van der Waals surface area contributed by atoms with E-state index in [1.165, 1.54) is 42.6 Å². The first-order valence-electron chi connectivity index (χ1n) is 11.3. The van der Waals surface area contributed by atoms with Crippen LogP contribution < -0.4 is 14.9 Å². The number of nitrogens with zero attached hydrogens (tertiary/aromatic N) is 1. The zero-order valence-electron chi connectivity index (χ0n) is 20.1. The number of benzene rings is 4. The zero-order valence-corrected chi connectivity index (χ0v) is 21.7. The number of rotatable bonds is 8. The summed E-state index contributed by atoms with van der Waals surface area (Å²) in [6, 6.07) is 25.6. The van der Waals surface area contributed by atoms with Crippen molar-refractivity contribution in [3.63, 3.8) is 0 Å². The smallest absolute Gasteiger partial charge is 0.345 e. The maximum atomic E-state index is 12.5. The molecule has 0 radical (unpaired) electrons. The minimum atomic E-state index is -3.74. The number of ether oxygens (including phenoxy) is 1. The number of anilines is 1. The van der Waals surface area contributed by atoms with Gasteiger partial charge in [-0.25, -0.2) is 18.6 Å². The van der Waals surface area contributed by atoms with Crippen molar-refractivity contribution in [2.45, 2.75) is 11.8 Å². The van der Waals surface area contributed by atoms with Gasteiger partial charge in [0.05, 0.1) is 21.7 Å². The molecule has 4 aromatic carbocycles. The molecule has 0 saturated carbocycles. The molecular weight excluding hydrogens is 526 g/mol. The van der Waals surface area contributed by atoms with Crippen LogP contribution in [-0.2, 0) is 10.0 Å². The summed E-state index contributed by atoms with van der Waals surface area (Å²) >= 11 is 6.02. The number of hydrogen-bond acceptors (Lipinski definition) is 6. The number of esters is 1. The van der Waals surface area contributed by atoms with Crippen LogP contribution in [0.4, 0.5) is 5.69 Å². The normalized spacial score (nSPS) is 11.2. The molecule has 0 spiro atoms. The van der Waals surface area contributed by atoms with Crippen LogP contribution in [0.3, 0.4) is 0 Å². The second kappa shape index (κ2) is 11.7. The molecule has 38 heavy (non-hydrogen) atoms. The van der Waals surface area contributed by atoms with E-state index in [-0.39, 0.29) is 10.5 Å². The van der Waals surface area contributed by atoms with Crippen LogP contribution in [-0.4, -0.2) is 26.5 Å². The van der Waals surface area contributed by atoms with Crippen molar-refractivity contribution in [3.05, 3.63) is 124 Å². The Morgan fingerprint density at radius 1 is 0.868 bits per heavy atom. The van der Waals surface area contributed by atoms with Gasteiger partial charge >= 0.3 is 5.97 Å². The second-order valence-corrected chi connectivity index (χ2v) is 10.2. The maximum absolute atomic E-state index is 12.5. The molecule has 0 aliphatic heterocycles. The lowest BCUT2D eigenvalue weighted by Crippen LogP contribution is -2.18. The van der Waals surface area contributed by atoms with Crippen LogP contribution in [0.15, 0.2) is 107 Å². The summed E-state index contributed by atoms with van der Waals surface area (Å²) in [5.74, 6) is -0.716. The topological polar surface area (TPSA) is 114 Å². The Kier molecular flexibility index (Phi) is 8.20. The standard InChI is InChI=1S/C28H22ClN3O5S/c1-19-6-16-24(17-7-19)38(35,36)32-22-12-10-21(11-13-22)27(33)31-30-18-20-8-14-23(15-9-20)37-28(34)25-4-2-3-5-26(25)29/h2-18,32H,1H3,(H,31,33). The zero-order chi connectivity index (χ0) is 27.1. The first-order valence-corrected chi connectivity index (χ1v) is 13.2. The van der Waals surface area contributed by atoms with Gasteiger partial charge in [0, 0.05) is 11.3 Å². The molecule has 0 aliphatic carbocycles. The molecule has 0 aromatic heterocycles. The van der Waals surface area contributed by atoms with Gasteiger partial charge in [-0.1, -0.05) is 41.4 Å². The lowest BCUT2D eigenvalue weighted by atomic mass is 10.2. The number of halogens is 1. The number of hydrogen-bond donors (Lipinski definition) is 2. The van der Waals surface area contributed by atoms with Gasteiger partial charge in [0.25, 0.3) is 15.9 Å². The Balaban J connectivity index is 1.31. The third kappa shape index (κ3) is 6.84. The van der Waals surface area contributed by atoms with Crippen molar-refractivity contribution >= 4 is 45.4 Å². The molecule has 10 heteroatoms. The number of carbonyl (C=O) groups is 2. The molecule has 2 N–H and O–H groups in total. The Hall–Kier alpha value is -4.47. The third-order valence-electron chi connectivity index (χ3n) is 5.29. The van der Waals surface area contributed by atoms with Crippen molar-refractivity contribution in [1.29, 1.82) is 0 Å². The Bertz CT molecular complexity index is 1590. The van der Waals surface area contributed by atoms with Gasteiger partial charge in [-0.05, 0) is 85.3 Å². The van der Waals surface area contributed by atoms with Crippen molar-refractivity contribution in [1.82, 2.24) is 5.43 Å². The molecule has 0 heterocycles. The summed E-state index contributed by atoms with van der Waals surface area (Å²) in [7, 11) is -3.74. The summed E-state index contributed by atoms with van der Waals surface area (Å²) in [6.45, 7) is 1.87. The van der Waals surface area contributed by atoms with Gasteiger partial charge in [0.15, 0.2) is 0 Å². The summed E-state index contributed by atoms with van der Waals surface area (Å²) in [4.78, 5) is 24.8. The Labute approximate surface area is 225 Å². The molecule has 4 aromatic rings. The highest BCUT2D eigenvalue weighted by Gasteiger charge is 2.14. The number of aryl methyl sites for hydroxylation is 1. The van der Waals surface area contributed by atoms with Gasteiger partial charge in [-0.15, -0.1) is 0 Å². The molecule has 192 valence electrons. The maximum Gasteiger partial charge on any atom is 0.345 e. The van der Waals surface area contributed by atoms with E-state index >= 15 is 0 Å². The molecule has 0 bridgehead atoms. The highest BCUT2D eigenvalue weighted by Crippen LogP contribution is 2.19. The van der Waals surface area contributed by atoms with E-state index < -0.39 is 21.9 Å². The highest BCUT2D eigenvalue weighted by molar-refractivity contribution is 7.92. The fourth-order valence-corrected chi connectivity index (χ4v) is 4.53. The van der Waals surface area contributed by atoms with Gasteiger partial charge in [-0.3, -0.25) is 9.52 Å². The van der Waals surface area contributed by atoms with Gasteiger partial charge in [0.1, 0.15) is 5.75 Å². The van der Waals surface area contributed by atoms with E-state index in [1.807, 2.05) is 6.92 Å². The first-order chi connectivity index (χ1) is 18.2. The van der Waals surface area contributed by atoms with Crippen molar-refractivity contribution < 1.29 is 22.7 Å². The van der Waals surface area contributed by atoms with Crippen LogP contribution >= 0.6 is 11.6 Å². The Morgan fingerprint density at radius 2 is 1.53 bits per heavy atom. The van der Waals surface area contributed by atoms with E-state index in [4.69, 9.17) is 16.3 Å². The Morgan fingerprint density at radius 3 is 2.18 bits per heavy atom. The molecule has 0 fully saturated rings. The van der Waals surface area contributed by atoms with Crippen LogP contribution in [0.1, 0.15) is 31.8 Å². The van der Waals surface area contributed by atoms with Crippen molar-refractivity contribution in [3.8, 4) is 5.75 Å². The largest absolute Gasteiger partial charge is 0.423 e. The average molecular weight is 548 g/mol. The molecule has 4 rings (SSSR count). The molecule has 0 unspecified atom stereocenters. The summed E-state index contributed by atoms with van der Waals surface area (Å²) < 4.78 is 32.9. The lowest BCUT2D eigenvalue weighted by molar-refractivity contribution is 0.0734. The number of nitrogens with one attached hydrogen (secondary N) is 2. The predicted octanol–water partition coefficient (Wildman–Crippen LogP) is 5.43.